The predicted molar refractivity (Wildman–Crippen MR) is 66.7 cm³/mol. The molecule has 2 aliphatic heterocycles. The molecule has 0 aromatic carbocycles. The molecule has 3 heteroatoms. The quantitative estimate of drug-likeness (QED) is 0.772. The highest BCUT2D eigenvalue weighted by Crippen LogP contribution is 2.23. The van der Waals surface area contributed by atoms with Crippen molar-refractivity contribution < 1.29 is 4.74 Å². The van der Waals surface area contributed by atoms with E-state index in [1.165, 1.54) is 38.9 Å². The van der Waals surface area contributed by atoms with Crippen LogP contribution < -0.4 is 5.32 Å². The average Bonchev–Trinajstić information content (AvgIpc) is 2.54. The van der Waals surface area contributed by atoms with Crippen molar-refractivity contribution in [3.05, 3.63) is 0 Å². The number of rotatable bonds is 2. The lowest BCUT2D eigenvalue weighted by molar-refractivity contribution is 0.0301. The van der Waals surface area contributed by atoms with Crippen LogP contribution in [0.25, 0.3) is 0 Å². The van der Waals surface area contributed by atoms with Gasteiger partial charge >= 0.3 is 0 Å². The minimum atomic E-state index is 0.643. The van der Waals surface area contributed by atoms with Gasteiger partial charge in [0, 0.05) is 31.8 Å². The molecular formula is C13H26N2O. The van der Waals surface area contributed by atoms with Gasteiger partial charge in [-0.2, -0.15) is 0 Å². The molecule has 0 radical (unpaired) electrons. The maximum absolute atomic E-state index is 5.45. The Bertz CT molecular complexity index is 204. The fourth-order valence-corrected chi connectivity index (χ4v) is 3.00. The summed E-state index contributed by atoms with van der Waals surface area (Å²) in [6, 6.07) is 1.37. The molecule has 0 spiro atoms. The zero-order valence-electron chi connectivity index (χ0n) is 10.7. The third-order valence-corrected chi connectivity index (χ3v) is 4.15. The summed E-state index contributed by atoms with van der Waals surface area (Å²) in [4.78, 5) is 2.68. The van der Waals surface area contributed by atoms with Crippen LogP contribution in [0.5, 0.6) is 0 Å². The molecule has 3 nitrogen and oxygen atoms in total. The van der Waals surface area contributed by atoms with Gasteiger partial charge in [0.15, 0.2) is 0 Å². The van der Waals surface area contributed by atoms with Crippen molar-refractivity contribution in [3.8, 4) is 0 Å². The van der Waals surface area contributed by atoms with Crippen LogP contribution in [0.4, 0.5) is 0 Å². The van der Waals surface area contributed by atoms with E-state index in [2.05, 4.69) is 24.1 Å². The fraction of sp³-hybridized carbons (Fsp3) is 1.00. The molecule has 0 aliphatic carbocycles. The second-order valence-electron chi connectivity index (χ2n) is 5.39. The Hall–Kier alpha value is -0.120. The van der Waals surface area contributed by atoms with E-state index >= 15 is 0 Å². The van der Waals surface area contributed by atoms with Crippen molar-refractivity contribution in [2.45, 2.75) is 45.2 Å². The lowest BCUT2D eigenvalue weighted by atomic mass is 9.91. The number of hydrogen-bond acceptors (Lipinski definition) is 3. The van der Waals surface area contributed by atoms with Crippen LogP contribution in [0.15, 0.2) is 0 Å². The normalized spacial score (nSPS) is 32.2. The molecule has 1 N–H and O–H groups in total. The Labute approximate surface area is 99.5 Å². The molecule has 0 aromatic rings. The van der Waals surface area contributed by atoms with E-state index in [0.29, 0.717) is 6.04 Å². The molecule has 0 amide bonds. The van der Waals surface area contributed by atoms with E-state index in [4.69, 9.17) is 4.74 Å². The van der Waals surface area contributed by atoms with Crippen molar-refractivity contribution in [1.29, 1.82) is 0 Å². The maximum Gasteiger partial charge on any atom is 0.0469 e. The van der Waals surface area contributed by atoms with Crippen LogP contribution in [0.2, 0.25) is 0 Å². The average molecular weight is 226 g/mol. The summed E-state index contributed by atoms with van der Waals surface area (Å²) < 4.78 is 5.45. The van der Waals surface area contributed by atoms with Crippen LogP contribution in [-0.2, 0) is 4.74 Å². The third kappa shape index (κ3) is 3.19. The predicted octanol–water partition coefficient (Wildman–Crippen LogP) is 1.49. The molecule has 0 aromatic heterocycles. The highest BCUT2D eigenvalue weighted by molar-refractivity contribution is 4.82. The van der Waals surface area contributed by atoms with Gasteiger partial charge in [0.25, 0.3) is 0 Å². The Morgan fingerprint density at radius 3 is 2.81 bits per heavy atom. The minimum absolute atomic E-state index is 0.643. The molecular weight excluding hydrogens is 200 g/mol. The molecule has 2 unspecified atom stereocenters. The zero-order valence-corrected chi connectivity index (χ0v) is 10.7. The van der Waals surface area contributed by atoms with Crippen molar-refractivity contribution in [2.24, 2.45) is 5.92 Å². The number of hydrogen-bond donors (Lipinski definition) is 1. The zero-order chi connectivity index (χ0) is 11.4. The van der Waals surface area contributed by atoms with Crippen molar-refractivity contribution >= 4 is 0 Å². The molecule has 16 heavy (non-hydrogen) atoms. The van der Waals surface area contributed by atoms with Crippen LogP contribution in [0, 0.1) is 5.92 Å². The fourth-order valence-electron chi connectivity index (χ4n) is 3.00. The van der Waals surface area contributed by atoms with Gasteiger partial charge in [-0.3, -0.25) is 4.90 Å². The SMILES string of the molecule is CC1CN(C(C)C2CCOCC2)CCCN1. The Balaban J connectivity index is 1.88. The van der Waals surface area contributed by atoms with Gasteiger partial charge < -0.3 is 10.1 Å². The molecule has 2 aliphatic rings. The van der Waals surface area contributed by atoms with E-state index in [0.717, 1.165) is 25.2 Å². The first kappa shape index (κ1) is 12.3. The Morgan fingerprint density at radius 2 is 2.06 bits per heavy atom. The summed E-state index contributed by atoms with van der Waals surface area (Å²) in [7, 11) is 0. The lowest BCUT2D eigenvalue weighted by Crippen LogP contribution is -2.44. The molecule has 0 saturated carbocycles. The van der Waals surface area contributed by atoms with Gasteiger partial charge in [-0.15, -0.1) is 0 Å². The standard InChI is InChI=1S/C13H26N2O/c1-11-10-15(7-3-6-14-11)12(2)13-4-8-16-9-5-13/h11-14H,3-10H2,1-2H3. The third-order valence-electron chi connectivity index (χ3n) is 4.15. The summed E-state index contributed by atoms with van der Waals surface area (Å²) in [5, 5.41) is 3.57. The molecule has 94 valence electrons. The van der Waals surface area contributed by atoms with Crippen molar-refractivity contribution in [1.82, 2.24) is 10.2 Å². The number of nitrogens with zero attached hydrogens (tertiary/aromatic N) is 1. The monoisotopic (exact) mass is 226 g/mol. The first-order valence-corrected chi connectivity index (χ1v) is 6.82. The van der Waals surface area contributed by atoms with E-state index in [1.54, 1.807) is 0 Å². The van der Waals surface area contributed by atoms with E-state index < -0.39 is 0 Å². The summed E-state index contributed by atoms with van der Waals surface area (Å²) in [6.45, 7) is 10.3. The molecule has 2 heterocycles. The second kappa shape index (κ2) is 5.99. The summed E-state index contributed by atoms with van der Waals surface area (Å²) in [5.74, 6) is 0.846. The van der Waals surface area contributed by atoms with Crippen LogP contribution in [-0.4, -0.2) is 49.8 Å². The first-order valence-electron chi connectivity index (χ1n) is 6.82. The Morgan fingerprint density at radius 1 is 1.31 bits per heavy atom. The molecule has 0 bridgehead atoms. The minimum Gasteiger partial charge on any atom is -0.381 e. The van der Waals surface area contributed by atoms with Crippen LogP contribution >= 0.6 is 0 Å². The highest BCUT2D eigenvalue weighted by atomic mass is 16.5. The smallest absolute Gasteiger partial charge is 0.0469 e. The van der Waals surface area contributed by atoms with Gasteiger partial charge in [-0.1, -0.05) is 0 Å². The first-order chi connectivity index (χ1) is 7.77. The van der Waals surface area contributed by atoms with Gasteiger partial charge in [-0.25, -0.2) is 0 Å². The van der Waals surface area contributed by atoms with Crippen LogP contribution in [0.3, 0.4) is 0 Å². The molecule has 2 fully saturated rings. The highest BCUT2D eigenvalue weighted by Gasteiger charge is 2.27. The number of ether oxygens (including phenoxy) is 1. The van der Waals surface area contributed by atoms with Crippen molar-refractivity contribution in [2.75, 3.05) is 32.8 Å². The number of nitrogens with one attached hydrogen (secondary N) is 1. The van der Waals surface area contributed by atoms with E-state index in [-0.39, 0.29) is 0 Å². The van der Waals surface area contributed by atoms with Gasteiger partial charge in [0.2, 0.25) is 0 Å². The maximum atomic E-state index is 5.45. The lowest BCUT2D eigenvalue weighted by Gasteiger charge is -2.36. The van der Waals surface area contributed by atoms with Gasteiger partial charge in [-0.05, 0) is 52.1 Å². The Kier molecular flexibility index (Phi) is 4.62. The van der Waals surface area contributed by atoms with Crippen LogP contribution in [0.1, 0.15) is 33.1 Å². The van der Waals surface area contributed by atoms with E-state index in [9.17, 15) is 0 Å². The van der Waals surface area contributed by atoms with E-state index in [1.807, 2.05) is 0 Å². The largest absolute Gasteiger partial charge is 0.381 e. The topological polar surface area (TPSA) is 24.5 Å². The molecule has 2 saturated heterocycles. The summed E-state index contributed by atoms with van der Waals surface area (Å²) >= 11 is 0. The second-order valence-corrected chi connectivity index (χ2v) is 5.39. The van der Waals surface area contributed by atoms with Gasteiger partial charge in [0.1, 0.15) is 0 Å². The van der Waals surface area contributed by atoms with Gasteiger partial charge in [0.05, 0.1) is 0 Å². The molecule has 2 rings (SSSR count). The van der Waals surface area contributed by atoms with Crippen molar-refractivity contribution in [3.63, 3.8) is 0 Å². The summed E-state index contributed by atoms with van der Waals surface area (Å²) in [5.41, 5.74) is 0. The summed E-state index contributed by atoms with van der Waals surface area (Å²) in [6.07, 6.45) is 3.79. The molecule has 2 atom stereocenters.